The molecule has 7 nitrogen and oxygen atoms in total. The standard InChI is InChI=1S/C19H20N4O3/c1-26-15-6-4-13(5-7-15)16-11-17-18(20-8-10-23(17)21-16)22-9-2-3-14(12-22)19(24)25/h4-8,10-11,14H,2-3,9,12H2,1H3,(H,24,25). The van der Waals surface area contributed by atoms with Gasteiger partial charge in [-0.05, 0) is 43.2 Å². The third kappa shape index (κ3) is 2.96. The van der Waals surface area contributed by atoms with E-state index in [1.807, 2.05) is 36.5 Å². The van der Waals surface area contributed by atoms with Gasteiger partial charge in [-0.2, -0.15) is 5.10 Å². The molecule has 3 heterocycles. The topological polar surface area (TPSA) is 80.0 Å². The molecule has 1 fully saturated rings. The number of nitrogens with zero attached hydrogens (tertiary/aromatic N) is 4. The number of methoxy groups -OCH3 is 1. The van der Waals surface area contributed by atoms with Crippen LogP contribution in [0.3, 0.4) is 0 Å². The van der Waals surface area contributed by atoms with Crippen LogP contribution in [0.2, 0.25) is 0 Å². The summed E-state index contributed by atoms with van der Waals surface area (Å²) in [5.41, 5.74) is 2.71. The first-order valence-corrected chi connectivity index (χ1v) is 8.62. The summed E-state index contributed by atoms with van der Waals surface area (Å²) < 4.78 is 7.00. The van der Waals surface area contributed by atoms with Crippen molar-refractivity contribution in [3.63, 3.8) is 0 Å². The third-order valence-corrected chi connectivity index (χ3v) is 4.83. The highest BCUT2D eigenvalue weighted by Gasteiger charge is 2.27. The van der Waals surface area contributed by atoms with E-state index >= 15 is 0 Å². The average Bonchev–Trinajstić information content (AvgIpc) is 3.12. The fourth-order valence-corrected chi connectivity index (χ4v) is 3.43. The van der Waals surface area contributed by atoms with Crippen LogP contribution in [0, 0.1) is 5.92 Å². The average molecular weight is 352 g/mol. The molecule has 2 aromatic heterocycles. The molecule has 1 aromatic carbocycles. The van der Waals surface area contributed by atoms with Crippen LogP contribution in [0.4, 0.5) is 5.82 Å². The summed E-state index contributed by atoms with van der Waals surface area (Å²) in [6, 6.07) is 9.74. The van der Waals surface area contributed by atoms with Crippen LogP contribution in [0.1, 0.15) is 12.8 Å². The van der Waals surface area contributed by atoms with Gasteiger partial charge in [0.05, 0.1) is 18.7 Å². The lowest BCUT2D eigenvalue weighted by molar-refractivity contribution is -0.141. The lowest BCUT2D eigenvalue weighted by Crippen LogP contribution is -2.39. The van der Waals surface area contributed by atoms with Gasteiger partial charge >= 0.3 is 5.97 Å². The Morgan fingerprint density at radius 2 is 2.12 bits per heavy atom. The molecule has 1 aliphatic heterocycles. The van der Waals surface area contributed by atoms with Gasteiger partial charge < -0.3 is 14.7 Å². The van der Waals surface area contributed by atoms with Gasteiger partial charge in [0, 0.05) is 31.0 Å². The van der Waals surface area contributed by atoms with Gasteiger partial charge in [0.1, 0.15) is 11.3 Å². The van der Waals surface area contributed by atoms with Gasteiger partial charge in [0.2, 0.25) is 0 Å². The largest absolute Gasteiger partial charge is 0.497 e. The molecular formula is C19H20N4O3. The van der Waals surface area contributed by atoms with Crippen LogP contribution in [0.25, 0.3) is 16.8 Å². The quantitative estimate of drug-likeness (QED) is 0.778. The van der Waals surface area contributed by atoms with Gasteiger partial charge in [-0.25, -0.2) is 9.50 Å². The molecule has 0 radical (unpaired) electrons. The Bertz CT molecular complexity index is 936. The molecule has 7 heteroatoms. The lowest BCUT2D eigenvalue weighted by atomic mass is 9.98. The zero-order chi connectivity index (χ0) is 18.1. The number of carbonyl (C=O) groups is 1. The summed E-state index contributed by atoms with van der Waals surface area (Å²) in [6.45, 7) is 1.28. The number of aromatic nitrogens is 3. The molecule has 0 saturated carbocycles. The van der Waals surface area contributed by atoms with E-state index in [2.05, 4.69) is 15.0 Å². The van der Waals surface area contributed by atoms with Crippen molar-refractivity contribution in [1.82, 2.24) is 14.6 Å². The van der Waals surface area contributed by atoms with Gasteiger partial charge in [-0.3, -0.25) is 4.79 Å². The number of rotatable bonds is 4. The maximum atomic E-state index is 11.4. The molecule has 26 heavy (non-hydrogen) atoms. The number of aliphatic carboxylic acids is 1. The summed E-state index contributed by atoms with van der Waals surface area (Å²) in [5, 5.41) is 14.0. The Morgan fingerprint density at radius 1 is 1.31 bits per heavy atom. The van der Waals surface area contributed by atoms with E-state index in [0.29, 0.717) is 13.0 Å². The zero-order valence-corrected chi connectivity index (χ0v) is 14.5. The molecule has 1 aliphatic rings. The number of benzene rings is 1. The van der Waals surface area contributed by atoms with Crippen LogP contribution in [0.5, 0.6) is 5.75 Å². The predicted molar refractivity (Wildman–Crippen MR) is 97.5 cm³/mol. The molecule has 1 atom stereocenters. The van der Waals surface area contributed by atoms with Crippen LogP contribution < -0.4 is 9.64 Å². The molecule has 1 N–H and O–H groups in total. The fraction of sp³-hybridized carbons (Fsp3) is 0.316. The number of hydrogen-bond acceptors (Lipinski definition) is 5. The Labute approximate surface area is 150 Å². The van der Waals surface area contributed by atoms with Gasteiger partial charge in [-0.15, -0.1) is 0 Å². The summed E-state index contributed by atoms with van der Waals surface area (Å²) in [6.07, 6.45) is 5.08. The highest BCUT2D eigenvalue weighted by Crippen LogP contribution is 2.29. The van der Waals surface area contributed by atoms with E-state index in [-0.39, 0.29) is 5.92 Å². The Balaban J connectivity index is 1.70. The Morgan fingerprint density at radius 3 is 2.85 bits per heavy atom. The zero-order valence-electron chi connectivity index (χ0n) is 14.5. The summed E-state index contributed by atoms with van der Waals surface area (Å²) in [5.74, 6) is 0.488. The molecule has 0 amide bonds. The van der Waals surface area contributed by atoms with Crippen LogP contribution in [-0.2, 0) is 4.79 Å². The molecule has 0 aliphatic carbocycles. The van der Waals surface area contributed by atoms with Crippen LogP contribution >= 0.6 is 0 Å². The smallest absolute Gasteiger partial charge is 0.308 e. The number of carboxylic acids is 1. The van der Waals surface area contributed by atoms with Crippen molar-refractivity contribution >= 4 is 17.3 Å². The van der Waals surface area contributed by atoms with Crippen molar-refractivity contribution in [2.45, 2.75) is 12.8 Å². The van der Waals surface area contributed by atoms with Crippen LogP contribution in [0.15, 0.2) is 42.7 Å². The number of fused-ring (bicyclic) bond motifs is 1. The van der Waals surface area contributed by atoms with E-state index in [1.54, 1.807) is 17.8 Å². The second-order valence-electron chi connectivity index (χ2n) is 6.46. The van der Waals surface area contributed by atoms with E-state index < -0.39 is 5.97 Å². The van der Waals surface area contributed by atoms with E-state index in [4.69, 9.17) is 4.74 Å². The van der Waals surface area contributed by atoms with Crippen molar-refractivity contribution in [1.29, 1.82) is 0 Å². The molecular weight excluding hydrogens is 332 g/mol. The molecule has 1 unspecified atom stereocenters. The van der Waals surface area contributed by atoms with Gasteiger partial charge in [0.25, 0.3) is 0 Å². The number of piperidine rings is 1. The first-order chi connectivity index (χ1) is 12.7. The van der Waals surface area contributed by atoms with E-state index in [1.165, 1.54) is 0 Å². The van der Waals surface area contributed by atoms with E-state index in [9.17, 15) is 9.90 Å². The van der Waals surface area contributed by atoms with Crippen molar-refractivity contribution in [3.05, 3.63) is 42.7 Å². The Kier molecular flexibility index (Phi) is 4.20. The van der Waals surface area contributed by atoms with E-state index in [0.717, 1.165) is 41.3 Å². The first-order valence-electron chi connectivity index (χ1n) is 8.62. The maximum absolute atomic E-state index is 11.4. The van der Waals surface area contributed by atoms with Crippen LogP contribution in [-0.4, -0.2) is 45.9 Å². The first kappa shape index (κ1) is 16.4. The minimum absolute atomic E-state index is 0.352. The molecule has 134 valence electrons. The monoisotopic (exact) mass is 352 g/mol. The van der Waals surface area contributed by atoms with Gasteiger partial charge in [0.15, 0.2) is 5.82 Å². The van der Waals surface area contributed by atoms with Crippen molar-refractivity contribution in [2.24, 2.45) is 5.92 Å². The number of carboxylic acid groups (broad SMARTS) is 1. The van der Waals surface area contributed by atoms with Crippen molar-refractivity contribution in [3.8, 4) is 17.0 Å². The third-order valence-electron chi connectivity index (χ3n) is 4.83. The lowest BCUT2D eigenvalue weighted by Gasteiger charge is -2.31. The summed E-state index contributed by atoms with van der Waals surface area (Å²) in [4.78, 5) is 17.9. The number of anilines is 1. The normalized spacial score (nSPS) is 17.4. The maximum Gasteiger partial charge on any atom is 0.308 e. The SMILES string of the molecule is COc1ccc(-c2cc3c(N4CCCC(C(=O)O)C4)nccn3n2)cc1. The molecule has 1 saturated heterocycles. The molecule has 0 spiro atoms. The van der Waals surface area contributed by atoms with Crippen molar-refractivity contribution < 1.29 is 14.6 Å². The second-order valence-corrected chi connectivity index (χ2v) is 6.46. The predicted octanol–water partition coefficient (Wildman–Crippen LogP) is 2.71. The highest BCUT2D eigenvalue weighted by molar-refractivity contribution is 5.77. The van der Waals surface area contributed by atoms with Crippen molar-refractivity contribution in [2.75, 3.05) is 25.1 Å². The minimum Gasteiger partial charge on any atom is -0.497 e. The fourth-order valence-electron chi connectivity index (χ4n) is 3.43. The summed E-state index contributed by atoms with van der Waals surface area (Å²) >= 11 is 0. The minimum atomic E-state index is -0.742. The highest BCUT2D eigenvalue weighted by atomic mass is 16.5. The number of ether oxygens (including phenoxy) is 1. The summed E-state index contributed by atoms with van der Waals surface area (Å²) in [7, 11) is 1.64. The Hall–Kier alpha value is -3.09. The second kappa shape index (κ2) is 6.67. The molecule has 4 rings (SSSR count). The molecule has 3 aromatic rings. The molecule has 0 bridgehead atoms. The number of hydrogen-bond donors (Lipinski definition) is 1. The van der Waals surface area contributed by atoms with Gasteiger partial charge in [-0.1, -0.05) is 0 Å².